The van der Waals surface area contributed by atoms with Gasteiger partial charge in [0.25, 0.3) is 0 Å². The fraction of sp³-hybridized carbons (Fsp3) is 0.364. The zero-order chi connectivity index (χ0) is 11.2. The minimum atomic E-state index is -0.983. The van der Waals surface area contributed by atoms with E-state index in [1.807, 2.05) is 0 Å². The topological polar surface area (TPSA) is 37.3 Å². The highest BCUT2D eigenvalue weighted by Gasteiger charge is 2.52. The second-order valence-electron chi connectivity index (χ2n) is 3.97. The van der Waals surface area contributed by atoms with Gasteiger partial charge < -0.3 is 5.11 Å². The molecule has 0 radical (unpaired) electrons. The highest BCUT2D eigenvalue weighted by atomic mass is 19.2. The number of aliphatic carboxylic acids is 1. The summed E-state index contributed by atoms with van der Waals surface area (Å²) in [6, 6.07) is 2.06. The Morgan fingerprint density at radius 1 is 1.33 bits per heavy atom. The van der Waals surface area contributed by atoms with E-state index in [0.717, 1.165) is 12.1 Å². The average molecular weight is 212 g/mol. The van der Waals surface area contributed by atoms with Gasteiger partial charge in [0.1, 0.15) is 0 Å². The van der Waals surface area contributed by atoms with Crippen LogP contribution in [0.5, 0.6) is 0 Å². The first-order chi connectivity index (χ1) is 6.97. The summed E-state index contributed by atoms with van der Waals surface area (Å²) in [4.78, 5) is 11.0. The maximum Gasteiger partial charge on any atom is 0.314 e. The summed E-state index contributed by atoms with van der Waals surface area (Å²) < 4.78 is 25.9. The van der Waals surface area contributed by atoms with Crippen LogP contribution in [0.2, 0.25) is 0 Å². The second-order valence-corrected chi connectivity index (χ2v) is 3.97. The van der Waals surface area contributed by atoms with Crippen molar-refractivity contribution in [3.05, 3.63) is 34.9 Å². The molecule has 0 atom stereocenters. The highest BCUT2D eigenvalue weighted by molar-refractivity contribution is 5.85. The van der Waals surface area contributed by atoms with E-state index in [4.69, 9.17) is 5.11 Å². The average Bonchev–Trinajstić information content (AvgIpc) is 2.92. The van der Waals surface area contributed by atoms with Crippen LogP contribution in [0.25, 0.3) is 0 Å². The van der Waals surface area contributed by atoms with Crippen molar-refractivity contribution in [2.45, 2.75) is 25.2 Å². The molecule has 0 amide bonds. The molecule has 1 aliphatic rings. The Balaban J connectivity index is 2.54. The molecule has 0 spiro atoms. The van der Waals surface area contributed by atoms with Gasteiger partial charge in [-0.3, -0.25) is 4.79 Å². The molecule has 1 aromatic carbocycles. The molecule has 0 saturated heterocycles. The molecule has 2 rings (SSSR count). The lowest BCUT2D eigenvalue weighted by Gasteiger charge is -2.13. The third kappa shape index (κ3) is 1.40. The molecule has 1 saturated carbocycles. The number of carbonyl (C=O) groups is 1. The fourth-order valence-electron chi connectivity index (χ4n) is 1.89. The lowest BCUT2D eigenvalue weighted by molar-refractivity contribution is -0.140. The van der Waals surface area contributed by atoms with Crippen LogP contribution in [0.1, 0.15) is 24.0 Å². The maximum absolute atomic E-state index is 13.0. The van der Waals surface area contributed by atoms with Gasteiger partial charge in [-0.15, -0.1) is 0 Å². The third-order valence-electron chi connectivity index (χ3n) is 2.94. The molecule has 0 heterocycles. The Bertz CT molecular complexity index is 436. The van der Waals surface area contributed by atoms with Crippen molar-refractivity contribution in [2.75, 3.05) is 0 Å². The molecule has 4 heteroatoms. The first kappa shape index (κ1) is 10.1. The monoisotopic (exact) mass is 212 g/mol. The number of aryl methyl sites for hydroxylation is 1. The standard InChI is InChI=1S/C11H10F2O2/c1-6-4-8(12)9(13)5-7(6)11(2-3-11)10(14)15/h4-5H,2-3H2,1H3,(H,14,15). The highest BCUT2D eigenvalue weighted by Crippen LogP contribution is 2.49. The molecule has 2 nitrogen and oxygen atoms in total. The first-order valence-corrected chi connectivity index (χ1v) is 4.67. The summed E-state index contributed by atoms with van der Waals surface area (Å²) in [5, 5.41) is 9.03. The Kier molecular flexibility index (Phi) is 2.03. The molecule has 0 bridgehead atoms. The summed E-state index contributed by atoms with van der Waals surface area (Å²) in [6.45, 7) is 1.60. The van der Waals surface area contributed by atoms with Crippen molar-refractivity contribution >= 4 is 5.97 Å². The molecule has 1 aliphatic carbocycles. The number of rotatable bonds is 2. The summed E-state index contributed by atoms with van der Waals surface area (Å²) in [5.41, 5.74) is -0.0822. The van der Waals surface area contributed by atoms with Gasteiger partial charge in [-0.25, -0.2) is 8.78 Å². The zero-order valence-corrected chi connectivity index (χ0v) is 8.18. The predicted molar refractivity (Wildman–Crippen MR) is 49.6 cm³/mol. The summed E-state index contributed by atoms with van der Waals surface area (Å²) in [5.74, 6) is -2.88. The normalized spacial score (nSPS) is 17.5. The third-order valence-corrected chi connectivity index (χ3v) is 2.94. The van der Waals surface area contributed by atoms with Crippen molar-refractivity contribution in [1.29, 1.82) is 0 Å². The van der Waals surface area contributed by atoms with E-state index in [2.05, 4.69) is 0 Å². The molecule has 0 aromatic heterocycles. The second kappa shape index (κ2) is 3.02. The minimum absolute atomic E-state index is 0.397. The molecule has 0 aliphatic heterocycles. The van der Waals surface area contributed by atoms with E-state index < -0.39 is 23.0 Å². The fourth-order valence-corrected chi connectivity index (χ4v) is 1.89. The molecule has 1 fully saturated rings. The zero-order valence-electron chi connectivity index (χ0n) is 8.18. The summed E-state index contributed by atoms with van der Waals surface area (Å²) in [7, 11) is 0. The molecule has 80 valence electrons. The molecule has 15 heavy (non-hydrogen) atoms. The van der Waals surface area contributed by atoms with E-state index in [9.17, 15) is 13.6 Å². The molecule has 0 unspecified atom stereocenters. The van der Waals surface area contributed by atoms with E-state index in [-0.39, 0.29) is 0 Å². The van der Waals surface area contributed by atoms with Crippen molar-refractivity contribution in [1.82, 2.24) is 0 Å². The summed E-state index contributed by atoms with van der Waals surface area (Å²) in [6.07, 6.45) is 0.989. The Morgan fingerprint density at radius 2 is 1.87 bits per heavy atom. The van der Waals surface area contributed by atoms with Crippen LogP contribution < -0.4 is 0 Å². The quantitative estimate of drug-likeness (QED) is 0.817. The van der Waals surface area contributed by atoms with Crippen molar-refractivity contribution in [3.8, 4) is 0 Å². The minimum Gasteiger partial charge on any atom is -0.481 e. The van der Waals surface area contributed by atoms with Crippen molar-refractivity contribution in [2.24, 2.45) is 0 Å². The van der Waals surface area contributed by atoms with E-state index in [1.165, 1.54) is 0 Å². The van der Waals surface area contributed by atoms with Gasteiger partial charge in [-0.05, 0) is 43.0 Å². The molecular weight excluding hydrogens is 202 g/mol. The van der Waals surface area contributed by atoms with Crippen molar-refractivity contribution in [3.63, 3.8) is 0 Å². The van der Waals surface area contributed by atoms with Crippen LogP contribution in [0.3, 0.4) is 0 Å². The van der Waals surface area contributed by atoms with Gasteiger partial charge in [0.2, 0.25) is 0 Å². The molecular formula is C11H10F2O2. The molecule has 1 aromatic rings. The molecule has 1 N–H and O–H groups in total. The Hall–Kier alpha value is -1.45. The van der Waals surface area contributed by atoms with Crippen LogP contribution in [-0.4, -0.2) is 11.1 Å². The number of halogens is 2. The van der Waals surface area contributed by atoms with Gasteiger partial charge in [0, 0.05) is 0 Å². The number of benzene rings is 1. The van der Waals surface area contributed by atoms with Crippen LogP contribution in [0, 0.1) is 18.6 Å². The van der Waals surface area contributed by atoms with E-state index in [1.54, 1.807) is 6.92 Å². The lowest BCUT2D eigenvalue weighted by atomic mass is 9.92. The number of hydrogen-bond acceptors (Lipinski definition) is 1. The lowest BCUT2D eigenvalue weighted by Crippen LogP contribution is -2.21. The Labute approximate surface area is 85.5 Å². The smallest absolute Gasteiger partial charge is 0.314 e. The van der Waals surface area contributed by atoms with Crippen LogP contribution >= 0.6 is 0 Å². The van der Waals surface area contributed by atoms with Gasteiger partial charge in [0.15, 0.2) is 11.6 Å². The predicted octanol–water partition coefficient (Wildman–Crippen LogP) is 2.39. The number of carboxylic acids is 1. The largest absolute Gasteiger partial charge is 0.481 e. The van der Waals surface area contributed by atoms with Gasteiger partial charge in [-0.1, -0.05) is 0 Å². The van der Waals surface area contributed by atoms with E-state index >= 15 is 0 Å². The van der Waals surface area contributed by atoms with Crippen LogP contribution in [0.4, 0.5) is 8.78 Å². The van der Waals surface area contributed by atoms with Gasteiger partial charge >= 0.3 is 5.97 Å². The number of carboxylic acid groups (broad SMARTS) is 1. The first-order valence-electron chi connectivity index (χ1n) is 4.67. The van der Waals surface area contributed by atoms with Gasteiger partial charge in [0.05, 0.1) is 5.41 Å². The van der Waals surface area contributed by atoms with E-state index in [0.29, 0.717) is 24.0 Å². The number of hydrogen-bond donors (Lipinski definition) is 1. The van der Waals surface area contributed by atoms with Crippen LogP contribution in [-0.2, 0) is 10.2 Å². The summed E-state index contributed by atoms with van der Waals surface area (Å²) >= 11 is 0. The van der Waals surface area contributed by atoms with Gasteiger partial charge in [-0.2, -0.15) is 0 Å². The van der Waals surface area contributed by atoms with Crippen LogP contribution in [0.15, 0.2) is 12.1 Å². The Morgan fingerprint density at radius 3 is 2.33 bits per heavy atom. The SMILES string of the molecule is Cc1cc(F)c(F)cc1C1(C(=O)O)CC1. The maximum atomic E-state index is 13.0. The van der Waals surface area contributed by atoms with Crippen molar-refractivity contribution < 1.29 is 18.7 Å².